The summed E-state index contributed by atoms with van der Waals surface area (Å²) in [6.45, 7) is 5.43. The fraction of sp³-hybridized carbons (Fsp3) is 0.571. The minimum Gasteiger partial charge on any atom is -0.505 e. The third kappa shape index (κ3) is 2.66. The number of phenolic OH excluding ortho intramolecular Hbond substituents is 1. The van der Waals surface area contributed by atoms with Crippen LogP contribution >= 0.6 is 0 Å². The Balaban J connectivity index is 1.73. The van der Waals surface area contributed by atoms with E-state index in [0.717, 1.165) is 32.7 Å². The van der Waals surface area contributed by atoms with E-state index < -0.39 is 5.82 Å². The van der Waals surface area contributed by atoms with Crippen molar-refractivity contribution in [3.05, 3.63) is 17.4 Å². The van der Waals surface area contributed by atoms with Gasteiger partial charge in [0.2, 0.25) is 11.6 Å². The minimum absolute atomic E-state index is 0.0275. The van der Waals surface area contributed by atoms with Crippen LogP contribution in [-0.2, 0) is 6.42 Å². The van der Waals surface area contributed by atoms with Crippen molar-refractivity contribution in [2.24, 2.45) is 0 Å². The SMILES string of the molecule is Oc1c(CCN2CCNCC2)cc2c(c1F)OCCO2. The van der Waals surface area contributed by atoms with Gasteiger partial charge in [-0.1, -0.05) is 0 Å². The number of hydrogen-bond acceptors (Lipinski definition) is 5. The fourth-order valence-corrected chi connectivity index (χ4v) is 2.59. The summed E-state index contributed by atoms with van der Waals surface area (Å²) in [4.78, 5) is 2.30. The van der Waals surface area contributed by atoms with Crippen LogP contribution in [0.5, 0.6) is 17.2 Å². The Hall–Kier alpha value is -1.53. The van der Waals surface area contributed by atoms with Crippen molar-refractivity contribution < 1.29 is 19.0 Å². The quantitative estimate of drug-likeness (QED) is 0.857. The van der Waals surface area contributed by atoms with Gasteiger partial charge < -0.3 is 24.8 Å². The number of ether oxygens (including phenoxy) is 2. The summed E-state index contributed by atoms with van der Waals surface area (Å²) < 4.78 is 24.6. The molecule has 0 amide bonds. The molecule has 2 heterocycles. The number of nitrogens with one attached hydrogen (secondary N) is 1. The summed E-state index contributed by atoms with van der Waals surface area (Å²) in [7, 11) is 0. The largest absolute Gasteiger partial charge is 0.505 e. The van der Waals surface area contributed by atoms with Crippen molar-refractivity contribution >= 4 is 0 Å². The Kier molecular flexibility index (Phi) is 3.93. The van der Waals surface area contributed by atoms with Crippen LogP contribution in [0.15, 0.2) is 6.07 Å². The molecule has 0 atom stereocenters. The standard InChI is InChI=1S/C14H19FN2O3/c15-12-13(18)10(1-4-17-5-2-16-3-6-17)9-11-14(12)20-8-7-19-11/h9,16,18H,1-8H2. The average Bonchev–Trinajstić information content (AvgIpc) is 2.50. The molecule has 2 N–H and O–H groups in total. The summed E-state index contributed by atoms with van der Waals surface area (Å²) in [6.07, 6.45) is 0.597. The Morgan fingerprint density at radius 1 is 1.25 bits per heavy atom. The van der Waals surface area contributed by atoms with E-state index in [1.165, 1.54) is 0 Å². The van der Waals surface area contributed by atoms with E-state index in [-0.39, 0.29) is 11.5 Å². The van der Waals surface area contributed by atoms with Crippen LogP contribution in [0.3, 0.4) is 0 Å². The first-order valence-electron chi connectivity index (χ1n) is 6.98. The van der Waals surface area contributed by atoms with Gasteiger partial charge in [-0.3, -0.25) is 0 Å². The zero-order valence-corrected chi connectivity index (χ0v) is 11.3. The molecule has 1 saturated heterocycles. The third-order valence-electron chi connectivity index (χ3n) is 3.73. The van der Waals surface area contributed by atoms with Crippen molar-refractivity contribution in [1.82, 2.24) is 10.2 Å². The predicted octanol–water partition coefficient (Wildman–Crippen LogP) is 0.750. The lowest BCUT2D eigenvalue weighted by atomic mass is 10.1. The molecule has 2 aliphatic rings. The van der Waals surface area contributed by atoms with E-state index in [4.69, 9.17) is 9.47 Å². The number of benzene rings is 1. The maximum atomic E-state index is 14.0. The highest BCUT2D eigenvalue weighted by molar-refractivity contribution is 5.52. The second-order valence-corrected chi connectivity index (χ2v) is 5.06. The van der Waals surface area contributed by atoms with Gasteiger partial charge in [0, 0.05) is 38.3 Å². The molecule has 20 heavy (non-hydrogen) atoms. The van der Waals surface area contributed by atoms with E-state index >= 15 is 0 Å². The lowest BCUT2D eigenvalue weighted by Crippen LogP contribution is -2.44. The van der Waals surface area contributed by atoms with E-state index in [1.807, 2.05) is 0 Å². The number of rotatable bonds is 3. The molecule has 0 unspecified atom stereocenters. The monoisotopic (exact) mass is 282 g/mol. The smallest absolute Gasteiger partial charge is 0.210 e. The molecule has 1 aromatic carbocycles. The third-order valence-corrected chi connectivity index (χ3v) is 3.73. The minimum atomic E-state index is -0.711. The lowest BCUT2D eigenvalue weighted by Gasteiger charge is -2.27. The summed E-state index contributed by atoms with van der Waals surface area (Å²) >= 11 is 0. The number of piperazine rings is 1. The highest BCUT2D eigenvalue weighted by atomic mass is 19.1. The van der Waals surface area contributed by atoms with Gasteiger partial charge in [-0.2, -0.15) is 4.39 Å². The highest BCUT2D eigenvalue weighted by Gasteiger charge is 2.23. The van der Waals surface area contributed by atoms with Gasteiger partial charge in [-0.25, -0.2) is 0 Å². The second kappa shape index (κ2) is 5.85. The molecule has 0 saturated carbocycles. The van der Waals surface area contributed by atoms with Gasteiger partial charge in [0.05, 0.1) is 0 Å². The number of halogens is 1. The molecule has 110 valence electrons. The number of nitrogens with zero attached hydrogens (tertiary/aromatic N) is 1. The molecule has 2 aliphatic heterocycles. The fourth-order valence-electron chi connectivity index (χ4n) is 2.59. The molecular formula is C14H19FN2O3. The van der Waals surface area contributed by atoms with Crippen LogP contribution < -0.4 is 14.8 Å². The maximum Gasteiger partial charge on any atom is 0.210 e. The summed E-state index contributed by atoms with van der Waals surface area (Å²) in [5, 5.41) is 13.2. The van der Waals surface area contributed by atoms with Crippen LogP contribution in [0.25, 0.3) is 0 Å². The zero-order chi connectivity index (χ0) is 13.9. The molecular weight excluding hydrogens is 263 g/mol. The van der Waals surface area contributed by atoms with Gasteiger partial charge in [-0.15, -0.1) is 0 Å². The van der Waals surface area contributed by atoms with Crippen LogP contribution in [0.1, 0.15) is 5.56 Å². The first kappa shape index (κ1) is 13.5. The average molecular weight is 282 g/mol. The number of phenols is 1. The van der Waals surface area contributed by atoms with E-state index in [9.17, 15) is 9.50 Å². The molecule has 0 spiro atoms. The normalized spacial score (nSPS) is 19.1. The van der Waals surface area contributed by atoms with E-state index in [0.29, 0.717) is 30.9 Å². The lowest BCUT2D eigenvalue weighted by molar-refractivity contribution is 0.162. The Labute approximate surface area is 117 Å². The first-order chi connectivity index (χ1) is 9.75. The van der Waals surface area contributed by atoms with Gasteiger partial charge in [0.15, 0.2) is 11.5 Å². The summed E-state index contributed by atoms with van der Waals surface area (Å²) in [5.74, 6) is -0.608. The highest BCUT2D eigenvalue weighted by Crippen LogP contribution is 2.40. The zero-order valence-electron chi connectivity index (χ0n) is 11.3. The van der Waals surface area contributed by atoms with Crippen LogP contribution in [0.2, 0.25) is 0 Å². The Morgan fingerprint density at radius 2 is 2.00 bits per heavy atom. The molecule has 0 aromatic heterocycles. The maximum absolute atomic E-state index is 14.0. The Morgan fingerprint density at radius 3 is 2.80 bits per heavy atom. The van der Waals surface area contributed by atoms with Gasteiger partial charge in [0.1, 0.15) is 13.2 Å². The molecule has 0 radical (unpaired) electrons. The van der Waals surface area contributed by atoms with Crippen molar-refractivity contribution in [3.8, 4) is 17.2 Å². The van der Waals surface area contributed by atoms with Crippen LogP contribution in [0, 0.1) is 5.82 Å². The van der Waals surface area contributed by atoms with Crippen LogP contribution in [-0.4, -0.2) is 55.9 Å². The van der Waals surface area contributed by atoms with Crippen LogP contribution in [0.4, 0.5) is 4.39 Å². The molecule has 6 heteroatoms. The number of aromatic hydroxyl groups is 1. The van der Waals surface area contributed by atoms with Gasteiger partial charge >= 0.3 is 0 Å². The summed E-state index contributed by atoms with van der Waals surface area (Å²) in [5.41, 5.74) is 0.574. The van der Waals surface area contributed by atoms with E-state index in [1.54, 1.807) is 6.07 Å². The molecule has 1 aromatic rings. The summed E-state index contributed by atoms with van der Waals surface area (Å²) in [6, 6.07) is 1.69. The molecule has 0 aliphatic carbocycles. The van der Waals surface area contributed by atoms with Crippen molar-refractivity contribution in [1.29, 1.82) is 0 Å². The van der Waals surface area contributed by atoms with E-state index in [2.05, 4.69) is 10.2 Å². The first-order valence-corrected chi connectivity index (χ1v) is 6.98. The topological polar surface area (TPSA) is 54.0 Å². The second-order valence-electron chi connectivity index (χ2n) is 5.06. The van der Waals surface area contributed by atoms with Crippen molar-refractivity contribution in [3.63, 3.8) is 0 Å². The molecule has 0 bridgehead atoms. The molecule has 1 fully saturated rings. The van der Waals surface area contributed by atoms with Gasteiger partial charge in [0.25, 0.3) is 0 Å². The molecule has 3 rings (SSSR count). The number of hydrogen-bond donors (Lipinski definition) is 2. The van der Waals surface area contributed by atoms with Gasteiger partial charge in [-0.05, 0) is 12.5 Å². The van der Waals surface area contributed by atoms with Crippen molar-refractivity contribution in [2.75, 3.05) is 45.9 Å². The number of fused-ring (bicyclic) bond motifs is 1. The molecule has 5 nitrogen and oxygen atoms in total. The Bertz CT molecular complexity index is 490. The van der Waals surface area contributed by atoms with Crippen molar-refractivity contribution in [2.45, 2.75) is 6.42 Å². The predicted molar refractivity (Wildman–Crippen MR) is 72.1 cm³/mol.